The van der Waals surface area contributed by atoms with Crippen molar-refractivity contribution in [3.8, 4) is 0 Å². The first-order valence-corrected chi connectivity index (χ1v) is 7.50. The zero-order valence-corrected chi connectivity index (χ0v) is 7.27. The molecule has 6 heavy (non-hydrogen) atoms. The predicted molar refractivity (Wildman–Crippen MR) is 43.7 cm³/mol. The van der Waals surface area contributed by atoms with E-state index in [4.69, 9.17) is 0 Å². The van der Waals surface area contributed by atoms with Gasteiger partial charge in [0.25, 0.3) is 0 Å². The first-order valence-electron chi connectivity index (χ1n) is 1.70. The molecule has 0 nitrogen and oxygen atoms in total. The van der Waals surface area contributed by atoms with Gasteiger partial charge in [-0.3, -0.25) is 0 Å². The van der Waals surface area contributed by atoms with Crippen molar-refractivity contribution in [3.05, 3.63) is 0 Å². The number of thiol groups is 1. The average molecular weight is 158 g/mol. The largest absolute Gasteiger partial charge is 0.107 e. The second-order valence-electron chi connectivity index (χ2n) is 0.724. The van der Waals surface area contributed by atoms with Gasteiger partial charge in [0.15, 0.2) is 0 Å². The molecular formula is C2H8P2S2. The summed E-state index contributed by atoms with van der Waals surface area (Å²) in [6.07, 6.45) is 1.33. The molecule has 4 heteroatoms. The molecule has 0 heterocycles. The maximum absolute atomic E-state index is 3.99. The Labute approximate surface area is 51.3 Å². The van der Waals surface area contributed by atoms with Crippen LogP contribution < -0.4 is 0 Å². The number of hydrogen-bond acceptors (Lipinski definition) is 2. The summed E-state index contributed by atoms with van der Waals surface area (Å²) in [5.41, 5.74) is 0. The summed E-state index contributed by atoms with van der Waals surface area (Å²) < 4.78 is 0. The predicted octanol–water partition coefficient (Wildman–Crippen LogP) is 2.77. The molecule has 2 atom stereocenters. The highest BCUT2D eigenvalue weighted by Crippen LogP contribution is 2.49. The van der Waals surface area contributed by atoms with Gasteiger partial charge in [0.05, 0.1) is 0 Å². The van der Waals surface area contributed by atoms with Crippen LogP contribution in [0.2, 0.25) is 0 Å². The minimum Gasteiger partial charge on any atom is -0.107 e. The van der Waals surface area contributed by atoms with E-state index in [0.717, 1.165) is 15.7 Å². The fourth-order valence-electron chi connectivity index (χ4n) is 0.104. The third-order valence-electron chi connectivity index (χ3n) is 0.295. The highest BCUT2D eigenvalue weighted by Gasteiger charge is 1.75. The van der Waals surface area contributed by atoms with Crippen LogP contribution in [0, 0.1) is 0 Å². The van der Waals surface area contributed by atoms with Gasteiger partial charge in [-0.05, 0) is 13.6 Å². The van der Waals surface area contributed by atoms with Gasteiger partial charge in [-0.15, -0.1) is 11.7 Å². The third-order valence-corrected chi connectivity index (χ3v) is 7.24. The Hall–Kier alpha value is 1.56. The summed E-state index contributed by atoms with van der Waals surface area (Å²) in [6.45, 7) is 2.20. The van der Waals surface area contributed by atoms with Gasteiger partial charge in [-0.25, -0.2) is 0 Å². The normalized spacial score (nSPS) is 13.0. The van der Waals surface area contributed by atoms with Crippen LogP contribution in [0.4, 0.5) is 0 Å². The van der Waals surface area contributed by atoms with Crippen molar-refractivity contribution in [2.45, 2.75) is 6.92 Å². The van der Waals surface area contributed by atoms with E-state index in [-0.39, 0.29) is 0 Å². The van der Waals surface area contributed by atoms with Crippen LogP contribution in [0.25, 0.3) is 0 Å². The van der Waals surface area contributed by atoms with Crippen molar-refractivity contribution in [3.63, 3.8) is 0 Å². The Morgan fingerprint density at radius 3 is 2.67 bits per heavy atom. The molecular weight excluding hydrogens is 150 g/mol. The SMILES string of the molecule is CCPPSS. The molecule has 0 aliphatic rings. The number of rotatable bonds is 3. The molecule has 38 valence electrons. The van der Waals surface area contributed by atoms with Gasteiger partial charge >= 0.3 is 0 Å². The Morgan fingerprint density at radius 1 is 1.83 bits per heavy atom. The fraction of sp³-hybridized carbons (Fsp3) is 1.00. The lowest BCUT2D eigenvalue weighted by Gasteiger charge is -1.86. The van der Waals surface area contributed by atoms with E-state index in [2.05, 4.69) is 18.6 Å². The standard InChI is InChI=1S/C2H8P2S2/c1-2-3-4-6-5/h3-5H,2H2,1H3. The van der Waals surface area contributed by atoms with Crippen molar-refractivity contribution < 1.29 is 0 Å². The Morgan fingerprint density at radius 2 is 2.50 bits per heavy atom. The lowest BCUT2D eigenvalue weighted by molar-refractivity contribution is 1.53. The van der Waals surface area contributed by atoms with E-state index in [0.29, 0.717) is 0 Å². The molecule has 0 aliphatic carbocycles. The second kappa shape index (κ2) is 6.56. The molecule has 0 aromatic carbocycles. The summed E-state index contributed by atoms with van der Waals surface area (Å²) in [5, 5.41) is 0. The lowest BCUT2D eigenvalue weighted by Crippen LogP contribution is -1.43. The first kappa shape index (κ1) is 7.56. The van der Waals surface area contributed by atoms with Gasteiger partial charge in [-0.1, -0.05) is 25.6 Å². The summed E-state index contributed by atoms with van der Waals surface area (Å²) in [7, 11) is 3.81. The van der Waals surface area contributed by atoms with Crippen LogP contribution in [0.1, 0.15) is 6.92 Å². The Balaban J connectivity index is 2.34. The number of hydrogen-bond donors (Lipinski definition) is 1. The van der Waals surface area contributed by atoms with Crippen molar-refractivity contribution in [1.29, 1.82) is 0 Å². The van der Waals surface area contributed by atoms with Crippen LogP contribution >= 0.6 is 37.8 Å². The van der Waals surface area contributed by atoms with Crippen molar-refractivity contribution in [2.75, 3.05) is 6.16 Å². The third kappa shape index (κ3) is 5.56. The first-order chi connectivity index (χ1) is 2.91. The molecule has 0 radical (unpaired) electrons. The Kier molecular flexibility index (Phi) is 8.27. The molecule has 0 amide bonds. The van der Waals surface area contributed by atoms with Crippen LogP contribution in [0.3, 0.4) is 0 Å². The van der Waals surface area contributed by atoms with Gasteiger partial charge in [0.1, 0.15) is 0 Å². The van der Waals surface area contributed by atoms with Gasteiger partial charge in [0, 0.05) is 0 Å². The molecule has 0 bridgehead atoms. The molecule has 2 unspecified atom stereocenters. The van der Waals surface area contributed by atoms with E-state index in [1.165, 1.54) is 6.16 Å². The fourth-order valence-corrected chi connectivity index (χ4v) is 4.56. The molecule has 0 aliphatic heterocycles. The summed E-state index contributed by atoms with van der Waals surface area (Å²) >= 11 is 3.99. The average Bonchev–Trinajstić information content (AvgIpc) is 1.61. The zero-order valence-electron chi connectivity index (χ0n) is 3.56. The van der Waals surface area contributed by atoms with E-state index >= 15 is 0 Å². The Bertz CT molecular complexity index is 21.5. The minimum absolute atomic E-state index is 1.02. The summed E-state index contributed by atoms with van der Waals surface area (Å²) in [4.78, 5) is 0. The van der Waals surface area contributed by atoms with E-state index in [9.17, 15) is 0 Å². The topological polar surface area (TPSA) is 0 Å². The quantitative estimate of drug-likeness (QED) is 0.285. The summed E-state index contributed by atoms with van der Waals surface area (Å²) in [6, 6.07) is 0. The summed E-state index contributed by atoms with van der Waals surface area (Å²) in [5.74, 6) is 0. The maximum atomic E-state index is 3.99. The van der Waals surface area contributed by atoms with Gasteiger partial charge in [-0.2, -0.15) is 0 Å². The van der Waals surface area contributed by atoms with Crippen LogP contribution in [0.15, 0.2) is 0 Å². The monoisotopic (exact) mass is 158 g/mol. The molecule has 0 saturated carbocycles. The van der Waals surface area contributed by atoms with Crippen molar-refractivity contribution in [1.82, 2.24) is 0 Å². The minimum atomic E-state index is 1.02. The molecule has 0 rings (SSSR count). The van der Waals surface area contributed by atoms with Crippen LogP contribution in [-0.2, 0) is 0 Å². The molecule has 0 saturated heterocycles. The maximum Gasteiger partial charge on any atom is -0.0277 e. The van der Waals surface area contributed by atoms with Gasteiger partial charge in [0.2, 0.25) is 0 Å². The molecule has 0 N–H and O–H groups in total. The van der Waals surface area contributed by atoms with Gasteiger partial charge < -0.3 is 0 Å². The smallest absolute Gasteiger partial charge is 0.0277 e. The second-order valence-corrected chi connectivity index (χ2v) is 7.87. The molecule has 0 fully saturated rings. The molecule has 0 aromatic heterocycles. The molecule has 0 spiro atoms. The van der Waals surface area contributed by atoms with Crippen molar-refractivity contribution >= 4 is 37.8 Å². The van der Waals surface area contributed by atoms with E-state index in [1.807, 2.05) is 0 Å². The lowest BCUT2D eigenvalue weighted by atomic mass is 11.0. The van der Waals surface area contributed by atoms with Crippen LogP contribution in [0.5, 0.6) is 0 Å². The molecule has 0 aromatic rings. The highest BCUT2D eigenvalue weighted by atomic mass is 33.4. The van der Waals surface area contributed by atoms with Crippen LogP contribution in [-0.4, -0.2) is 6.16 Å². The zero-order chi connectivity index (χ0) is 4.83. The van der Waals surface area contributed by atoms with E-state index in [1.54, 1.807) is 10.4 Å². The van der Waals surface area contributed by atoms with Crippen molar-refractivity contribution in [2.24, 2.45) is 0 Å². The van der Waals surface area contributed by atoms with E-state index < -0.39 is 0 Å². The highest BCUT2D eigenvalue weighted by molar-refractivity contribution is 8.97.